The van der Waals surface area contributed by atoms with Gasteiger partial charge in [0.15, 0.2) is 0 Å². The van der Waals surface area contributed by atoms with Crippen molar-refractivity contribution in [2.75, 3.05) is 0 Å². The maximum absolute atomic E-state index is 11.0. The number of phenols is 1. The third kappa shape index (κ3) is 1.84. The predicted octanol–water partition coefficient (Wildman–Crippen LogP) is 1.20. The van der Waals surface area contributed by atoms with E-state index in [0.29, 0.717) is 0 Å². The molecule has 0 unspecified atom stereocenters. The molecular weight excluding hydrogens is 184 g/mol. The van der Waals surface area contributed by atoms with Gasteiger partial charge in [-0.25, -0.2) is 4.79 Å². The van der Waals surface area contributed by atoms with E-state index in [4.69, 9.17) is 11.7 Å². The molecule has 0 aliphatic carbocycles. The number of aromatic hydroxyl groups is 1. The van der Waals surface area contributed by atoms with Crippen LogP contribution in [0, 0.1) is 12.3 Å². The van der Waals surface area contributed by atoms with Gasteiger partial charge in [0.25, 0.3) is 0 Å². The van der Waals surface area contributed by atoms with E-state index in [9.17, 15) is 9.90 Å². The quantitative estimate of drug-likeness (QED) is 0.419. The van der Waals surface area contributed by atoms with E-state index >= 15 is 0 Å². The van der Waals surface area contributed by atoms with Crippen molar-refractivity contribution in [3.63, 3.8) is 0 Å². The summed E-state index contributed by atoms with van der Waals surface area (Å²) in [5.41, 5.74) is 0.333. The Morgan fingerprint density at radius 3 is 2.86 bits per heavy atom. The lowest BCUT2D eigenvalue weighted by atomic mass is 10.0. The molecule has 0 atom stereocenters. The molecule has 72 valence electrons. The van der Waals surface area contributed by atoms with Gasteiger partial charge in [0.1, 0.15) is 5.75 Å². The molecule has 0 amide bonds. The van der Waals surface area contributed by atoms with Gasteiger partial charge in [-0.2, -0.15) is 5.26 Å². The maximum Gasteiger partial charge on any atom is 0.373 e. The second-order valence-electron chi connectivity index (χ2n) is 2.56. The minimum Gasteiger partial charge on any atom is -0.508 e. The highest BCUT2D eigenvalue weighted by Crippen LogP contribution is 2.21. The van der Waals surface area contributed by atoms with Crippen molar-refractivity contribution < 1.29 is 20.0 Å². The number of hydrogen-bond donors (Lipinski definition) is 2. The lowest BCUT2D eigenvalue weighted by Gasteiger charge is -2.05. The van der Waals surface area contributed by atoms with Crippen molar-refractivity contribution in [3.05, 3.63) is 29.3 Å². The zero-order chi connectivity index (χ0) is 10.6. The summed E-state index contributed by atoms with van der Waals surface area (Å²) in [5, 5.41) is 17.6. The van der Waals surface area contributed by atoms with Gasteiger partial charge in [-0.1, -0.05) is 6.07 Å². The number of rotatable bonds is 2. The topological polar surface area (TPSA) is 66.8 Å². The smallest absolute Gasteiger partial charge is 0.373 e. The summed E-state index contributed by atoms with van der Waals surface area (Å²) in [6.45, 7) is 0. The fraction of sp³-hybridized carbons (Fsp3) is 0.100. The average Bonchev–Trinajstić information content (AvgIpc) is 2.20. The molecule has 0 bridgehead atoms. The first kappa shape index (κ1) is 10.1. The monoisotopic (exact) mass is 192 g/mol. The van der Waals surface area contributed by atoms with Gasteiger partial charge in [-0.3, -0.25) is 4.89 Å². The highest BCUT2D eigenvalue weighted by molar-refractivity contribution is 5.91. The molecular formula is C10H8O4. The van der Waals surface area contributed by atoms with Crippen LogP contribution in [0.5, 0.6) is 5.75 Å². The standard InChI is InChI=1S/C10H8O4/c1-2-4-7-8(10(12)14-13)5-3-6-9(7)11/h1,3,5-6,11,13H,4H2. The van der Waals surface area contributed by atoms with Crippen LogP contribution >= 0.6 is 0 Å². The van der Waals surface area contributed by atoms with E-state index in [-0.39, 0.29) is 23.3 Å². The van der Waals surface area contributed by atoms with Crippen LogP contribution in [0.3, 0.4) is 0 Å². The van der Waals surface area contributed by atoms with E-state index in [1.807, 2.05) is 0 Å². The summed E-state index contributed by atoms with van der Waals surface area (Å²) >= 11 is 0. The summed E-state index contributed by atoms with van der Waals surface area (Å²) in [6, 6.07) is 4.27. The van der Waals surface area contributed by atoms with E-state index in [1.54, 1.807) is 0 Å². The highest BCUT2D eigenvalue weighted by atomic mass is 17.1. The molecule has 1 aromatic rings. The van der Waals surface area contributed by atoms with Crippen molar-refractivity contribution in [3.8, 4) is 18.1 Å². The van der Waals surface area contributed by atoms with Gasteiger partial charge in [0.2, 0.25) is 0 Å². The van der Waals surface area contributed by atoms with Gasteiger partial charge in [-0.15, -0.1) is 12.3 Å². The van der Waals surface area contributed by atoms with Crippen LogP contribution in [0.25, 0.3) is 0 Å². The van der Waals surface area contributed by atoms with Gasteiger partial charge < -0.3 is 5.11 Å². The fourth-order valence-corrected chi connectivity index (χ4v) is 1.10. The first-order valence-corrected chi connectivity index (χ1v) is 3.80. The molecule has 0 radical (unpaired) electrons. The number of phenolic OH excluding ortho intramolecular Hbond substituents is 1. The summed E-state index contributed by atoms with van der Waals surface area (Å²) in [5.74, 6) is 1.26. The lowest BCUT2D eigenvalue weighted by molar-refractivity contribution is -0.182. The molecule has 0 aliphatic heterocycles. The van der Waals surface area contributed by atoms with Crippen molar-refractivity contribution in [2.45, 2.75) is 6.42 Å². The fourth-order valence-electron chi connectivity index (χ4n) is 1.10. The third-order valence-corrected chi connectivity index (χ3v) is 1.73. The normalized spacial score (nSPS) is 9.14. The summed E-state index contributed by atoms with van der Waals surface area (Å²) in [6.07, 6.45) is 5.16. The van der Waals surface area contributed by atoms with Crippen LogP contribution < -0.4 is 0 Å². The lowest BCUT2D eigenvalue weighted by Crippen LogP contribution is -2.05. The molecule has 2 N–H and O–H groups in total. The van der Waals surface area contributed by atoms with Crippen molar-refractivity contribution in [2.24, 2.45) is 0 Å². The maximum atomic E-state index is 11.0. The molecule has 0 aliphatic rings. The van der Waals surface area contributed by atoms with Crippen LogP contribution in [0.2, 0.25) is 0 Å². The molecule has 14 heavy (non-hydrogen) atoms. The molecule has 0 heterocycles. The zero-order valence-corrected chi connectivity index (χ0v) is 7.23. The van der Waals surface area contributed by atoms with E-state index in [2.05, 4.69) is 10.8 Å². The van der Waals surface area contributed by atoms with Crippen molar-refractivity contribution in [1.82, 2.24) is 0 Å². The first-order chi connectivity index (χ1) is 6.70. The Balaban J connectivity index is 3.22. The third-order valence-electron chi connectivity index (χ3n) is 1.73. The number of carbonyl (C=O) groups is 1. The molecule has 0 saturated carbocycles. The average molecular weight is 192 g/mol. The van der Waals surface area contributed by atoms with Crippen molar-refractivity contribution in [1.29, 1.82) is 0 Å². The Bertz CT molecular complexity index is 390. The zero-order valence-electron chi connectivity index (χ0n) is 7.23. The van der Waals surface area contributed by atoms with Crippen LogP contribution in [-0.2, 0) is 11.3 Å². The number of terminal acetylenes is 1. The van der Waals surface area contributed by atoms with Crippen LogP contribution in [0.15, 0.2) is 18.2 Å². The Morgan fingerprint density at radius 2 is 2.29 bits per heavy atom. The molecule has 4 heteroatoms. The minimum absolute atomic E-state index is 0.0606. The number of hydrogen-bond acceptors (Lipinski definition) is 4. The first-order valence-electron chi connectivity index (χ1n) is 3.80. The summed E-state index contributed by atoms with van der Waals surface area (Å²) in [4.78, 5) is 14.6. The molecule has 0 fully saturated rings. The van der Waals surface area contributed by atoms with Crippen molar-refractivity contribution >= 4 is 5.97 Å². The second kappa shape index (κ2) is 4.30. The molecule has 0 spiro atoms. The SMILES string of the molecule is C#CCc1c(O)cccc1C(=O)OO. The minimum atomic E-state index is -0.939. The van der Waals surface area contributed by atoms with Gasteiger partial charge in [0, 0.05) is 12.0 Å². The van der Waals surface area contributed by atoms with Crippen LogP contribution in [-0.4, -0.2) is 16.3 Å². The number of benzene rings is 1. The van der Waals surface area contributed by atoms with Gasteiger partial charge >= 0.3 is 5.97 Å². The van der Waals surface area contributed by atoms with Crippen LogP contribution in [0.4, 0.5) is 0 Å². The molecule has 1 rings (SSSR count). The summed E-state index contributed by atoms with van der Waals surface area (Å²) in [7, 11) is 0. The Kier molecular flexibility index (Phi) is 3.10. The molecule has 0 aromatic heterocycles. The second-order valence-corrected chi connectivity index (χ2v) is 2.56. The van der Waals surface area contributed by atoms with Gasteiger partial charge in [-0.05, 0) is 12.1 Å². The summed E-state index contributed by atoms with van der Waals surface area (Å²) < 4.78 is 0. The Labute approximate surface area is 80.7 Å². The van der Waals surface area contributed by atoms with E-state index < -0.39 is 5.97 Å². The molecule has 4 nitrogen and oxygen atoms in total. The number of carbonyl (C=O) groups excluding carboxylic acids is 1. The predicted molar refractivity (Wildman–Crippen MR) is 48.7 cm³/mol. The van der Waals surface area contributed by atoms with Gasteiger partial charge in [0.05, 0.1) is 5.56 Å². The van der Waals surface area contributed by atoms with E-state index in [1.165, 1.54) is 18.2 Å². The molecule has 0 saturated heterocycles. The Hall–Kier alpha value is -1.99. The molecule has 1 aromatic carbocycles. The van der Waals surface area contributed by atoms with E-state index in [0.717, 1.165) is 0 Å². The highest BCUT2D eigenvalue weighted by Gasteiger charge is 2.14. The van der Waals surface area contributed by atoms with Crippen LogP contribution in [0.1, 0.15) is 15.9 Å². The Morgan fingerprint density at radius 1 is 1.57 bits per heavy atom. The largest absolute Gasteiger partial charge is 0.508 e.